The smallest absolute Gasteiger partial charge is 0.237 e. The average molecular weight is 371 g/mol. The number of rotatable bonds is 4. The number of amides is 1. The lowest BCUT2D eigenvalue weighted by Crippen LogP contribution is -2.56. The van der Waals surface area contributed by atoms with E-state index in [4.69, 9.17) is 0 Å². The Balaban J connectivity index is 1.46. The maximum Gasteiger partial charge on any atom is 0.237 e. The van der Waals surface area contributed by atoms with Gasteiger partial charge in [-0.25, -0.2) is 0 Å². The number of hydrogen-bond acceptors (Lipinski definition) is 3. The Hall–Kier alpha value is -1.39. The fraction of sp³-hybridized carbons (Fsp3) is 0.696. The van der Waals surface area contributed by atoms with Crippen LogP contribution in [0.2, 0.25) is 0 Å². The Labute approximate surface area is 163 Å². The second-order valence-electron chi connectivity index (χ2n) is 8.93. The molecule has 0 aromatic heterocycles. The van der Waals surface area contributed by atoms with Crippen molar-refractivity contribution in [3.8, 4) is 0 Å². The molecule has 2 saturated carbocycles. The molecule has 0 radical (unpaired) electrons. The van der Waals surface area contributed by atoms with Crippen LogP contribution in [0.1, 0.15) is 75.3 Å². The summed E-state index contributed by atoms with van der Waals surface area (Å²) in [6, 6.07) is 8.74. The zero-order valence-corrected chi connectivity index (χ0v) is 16.5. The van der Waals surface area contributed by atoms with Crippen LogP contribution >= 0.6 is 0 Å². The van der Waals surface area contributed by atoms with Crippen LogP contribution in [0.25, 0.3) is 0 Å². The molecule has 2 N–H and O–H groups in total. The highest BCUT2D eigenvalue weighted by atomic mass is 16.3. The van der Waals surface area contributed by atoms with Crippen LogP contribution in [-0.2, 0) is 16.8 Å². The monoisotopic (exact) mass is 370 g/mol. The first-order chi connectivity index (χ1) is 13.1. The first kappa shape index (κ1) is 18.9. The van der Waals surface area contributed by atoms with Crippen LogP contribution in [0.5, 0.6) is 0 Å². The molecule has 1 aromatic carbocycles. The molecule has 0 unspecified atom stereocenters. The summed E-state index contributed by atoms with van der Waals surface area (Å²) in [4.78, 5) is 15.4. The molecular weight excluding hydrogens is 336 g/mol. The first-order valence-electron chi connectivity index (χ1n) is 11.0. The van der Waals surface area contributed by atoms with Crippen molar-refractivity contribution in [3.63, 3.8) is 0 Å². The Morgan fingerprint density at radius 3 is 2.41 bits per heavy atom. The van der Waals surface area contributed by atoms with E-state index >= 15 is 0 Å². The van der Waals surface area contributed by atoms with E-state index in [0.29, 0.717) is 13.1 Å². The molecule has 2 aliphatic carbocycles. The molecule has 4 rings (SSSR count). The van der Waals surface area contributed by atoms with Gasteiger partial charge in [0.15, 0.2) is 0 Å². The number of aliphatic hydroxyl groups is 1. The van der Waals surface area contributed by atoms with Crippen molar-refractivity contribution in [2.24, 2.45) is 0 Å². The van der Waals surface area contributed by atoms with E-state index in [0.717, 1.165) is 51.5 Å². The third-order valence-electron chi connectivity index (χ3n) is 7.14. The third kappa shape index (κ3) is 3.79. The van der Waals surface area contributed by atoms with Crippen molar-refractivity contribution in [2.75, 3.05) is 19.6 Å². The van der Waals surface area contributed by atoms with E-state index < -0.39 is 5.60 Å². The Bertz CT molecular complexity index is 660. The Morgan fingerprint density at radius 1 is 1.00 bits per heavy atom. The summed E-state index contributed by atoms with van der Waals surface area (Å²) in [5.41, 5.74) is 2.09. The predicted molar refractivity (Wildman–Crippen MR) is 108 cm³/mol. The van der Waals surface area contributed by atoms with E-state index in [1.165, 1.54) is 36.8 Å². The zero-order valence-electron chi connectivity index (χ0n) is 16.5. The van der Waals surface area contributed by atoms with Crippen LogP contribution in [-0.4, -0.2) is 41.1 Å². The molecule has 4 nitrogen and oxygen atoms in total. The van der Waals surface area contributed by atoms with Crippen LogP contribution in [0.15, 0.2) is 24.3 Å². The summed E-state index contributed by atoms with van der Waals surface area (Å²) in [6.45, 7) is 1.70. The normalized spacial score (nSPS) is 23.8. The number of hydrogen-bond donors (Lipinski definition) is 2. The second kappa shape index (κ2) is 7.92. The summed E-state index contributed by atoms with van der Waals surface area (Å²) in [7, 11) is 0. The Morgan fingerprint density at radius 2 is 1.67 bits per heavy atom. The van der Waals surface area contributed by atoms with Gasteiger partial charge >= 0.3 is 0 Å². The van der Waals surface area contributed by atoms with E-state index in [-0.39, 0.29) is 11.4 Å². The molecule has 1 heterocycles. The summed E-state index contributed by atoms with van der Waals surface area (Å²) in [6.07, 6.45) is 11.9. The van der Waals surface area contributed by atoms with Crippen LogP contribution in [0.3, 0.4) is 0 Å². The van der Waals surface area contributed by atoms with E-state index in [2.05, 4.69) is 34.5 Å². The number of benzene rings is 1. The highest BCUT2D eigenvalue weighted by Gasteiger charge is 2.45. The van der Waals surface area contributed by atoms with Gasteiger partial charge in [0, 0.05) is 13.1 Å². The maximum absolute atomic E-state index is 13.2. The molecule has 3 aliphatic rings. The molecule has 148 valence electrons. The van der Waals surface area contributed by atoms with Crippen molar-refractivity contribution in [1.82, 2.24) is 10.2 Å². The van der Waals surface area contributed by atoms with Crippen molar-refractivity contribution in [3.05, 3.63) is 35.4 Å². The van der Waals surface area contributed by atoms with Crippen molar-refractivity contribution in [2.45, 2.75) is 81.8 Å². The molecule has 4 heteroatoms. The molecule has 1 aliphatic heterocycles. The topological polar surface area (TPSA) is 52.6 Å². The number of nitrogens with one attached hydrogen (secondary N) is 1. The van der Waals surface area contributed by atoms with E-state index in [1.807, 2.05) is 0 Å². The summed E-state index contributed by atoms with van der Waals surface area (Å²) < 4.78 is 0. The fourth-order valence-corrected chi connectivity index (χ4v) is 5.71. The number of fused-ring (bicyclic) bond motifs is 2. The first-order valence-corrected chi connectivity index (χ1v) is 11.0. The van der Waals surface area contributed by atoms with Crippen LogP contribution < -0.4 is 5.32 Å². The molecule has 0 atom stereocenters. The fourth-order valence-electron chi connectivity index (χ4n) is 5.71. The van der Waals surface area contributed by atoms with Gasteiger partial charge in [-0.3, -0.25) is 4.79 Å². The molecule has 0 saturated heterocycles. The molecule has 0 bridgehead atoms. The second-order valence-corrected chi connectivity index (χ2v) is 8.93. The SMILES string of the molecule is O=C(CNCC1(O)CCCCC1)N1CCc2ccccc2C12CCCCC2. The maximum atomic E-state index is 13.2. The zero-order chi connectivity index (χ0) is 18.7. The summed E-state index contributed by atoms with van der Waals surface area (Å²) in [5.74, 6) is 0.200. The summed E-state index contributed by atoms with van der Waals surface area (Å²) in [5, 5.41) is 14.0. The van der Waals surface area contributed by atoms with Crippen molar-refractivity contribution in [1.29, 1.82) is 0 Å². The number of nitrogens with zero attached hydrogens (tertiary/aromatic N) is 1. The highest BCUT2D eigenvalue weighted by molar-refractivity contribution is 5.80. The minimum atomic E-state index is -0.616. The quantitative estimate of drug-likeness (QED) is 0.853. The lowest BCUT2D eigenvalue weighted by molar-refractivity contribution is -0.140. The standard InChI is InChI=1S/C23H34N2O2/c26-21(17-24-18-22(27)12-5-1-6-13-22)25-16-11-19-9-3-4-10-20(19)23(25)14-7-2-8-15-23/h3-4,9-10,24,27H,1-2,5-8,11-18H2. The van der Waals surface area contributed by atoms with Gasteiger partial charge in [-0.15, -0.1) is 0 Å². The van der Waals surface area contributed by atoms with Crippen LogP contribution in [0.4, 0.5) is 0 Å². The van der Waals surface area contributed by atoms with Gasteiger partial charge in [-0.05, 0) is 43.2 Å². The van der Waals surface area contributed by atoms with Gasteiger partial charge < -0.3 is 15.3 Å². The van der Waals surface area contributed by atoms with Gasteiger partial charge in [0.1, 0.15) is 0 Å². The van der Waals surface area contributed by atoms with E-state index in [9.17, 15) is 9.90 Å². The number of carbonyl (C=O) groups is 1. The Kier molecular flexibility index (Phi) is 5.56. The van der Waals surface area contributed by atoms with Crippen molar-refractivity contribution < 1.29 is 9.90 Å². The minimum absolute atomic E-state index is 0.104. The van der Waals surface area contributed by atoms with Gasteiger partial charge in [0.05, 0.1) is 17.7 Å². The predicted octanol–water partition coefficient (Wildman–Crippen LogP) is 3.52. The molecular formula is C23H34N2O2. The highest BCUT2D eigenvalue weighted by Crippen LogP contribution is 2.46. The third-order valence-corrected chi connectivity index (χ3v) is 7.14. The average Bonchev–Trinajstić information content (AvgIpc) is 2.69. The van der Waals surface area contributed by atoms with Crippen LogP contribution in [0, 0.1) is 0 Å². The molecule has 1 aromatic rings. The largest absolute Gasteiger partial charge is 0.389 e. The van der Waals surface area contributed by atoms with Crippen molar-refractivity contribution >= 4 is 5.91 Å². The van der Waals surface area contributed by atoms with E-state index in [1.54, 1.807) is 0 Å². The van der Waals surface area contributed by atoms with Gasteiger partial charge in [-0.2, -0.15) is 0 Å². The van der Waals surface area contributed by atoms with Gasteiger partial charge in [0.25, 0.3) is 0 Å². The summed E-state index contributed by atoms with van der Waals surface area (Å²) >= 11 is 0. The minimum Gasteiger partial charge on any atom is -0.389 e. The molecule has 1 amide bonds. The number of carbonyl (C=O) groups excluding carboxylic acids is 1. The molecule has 27 heavy (non-hydrogen) atoms. The molecule has 1 spiro atoms. The lowest BCUT2D eigenvalue weighted by atomic mass is 9.71. The molecule has 2 fully saturated rings. The van der Waals surface area contributed by atoms with Gasteiger partial charge in [0.2, 0.25) is 5.91 Å². The lowest BCUT2D eigenvalue weighted by Gasteiger charge is -2.50. The van der Waals surface area contributed by atoms with Gasteiger partial charge in [-0.1, -0.05) is 62.8 Å².